The topological polar surface area (TPSA) is 206 Å². The maximum atomic E-state index is 13.0. The summed E-state index contributed by atoms with van der Waals surface area (Å²) in [5.74, 6) is -10.5. The molecule has 2 aliphatic rings. The molecule has 3 unspecified atom stereocenters. The Morgan fingerprint density at radius 3 is 2.08 bits per heavy atom. The fourth-order valence-corrected chi connectivity index (χ4v) is 6.16. The predicted molar refractivity (Wildman–Crippen MR) is 123 cm³/mol. The van der Waals surface area contributed by atoms with E-state index in [2.05, 4.69) is 10.6 Å². The van der Waals surface area contributed by atoms with Gasteiger partial charge in [0.2, 0.25) is 22.5 Å². The average molecular weight is 538 g/mol. The number of carboxylic acids is 2. The van der Waals surface area contributed by atoms with Crippen LogP contribution in [0.2, 0.25) is 0 Å². The fraction of sp³-hybridized carbons (Fsp3) is 0.409. The van der Waals surface area contributed by atoms with Crippen LogP contribution in [0.25, 0.3) is 0 Å². The summed E-state index contributed by atoms with van der Waals surface area (Å²) in [6.45, 7) is 0.105. The van der Waals surface area contributed by atoms with Gasteiger partial charge in [-0.05, 0) is 5.56 Å². The maximum absolute atomic E-state index is 13.0. The summed E-state index contributed by atoms with van der Waals surface area (Å²) in [7, 11) is 1.78. The number of aliphatic carboxylic acids is 2. The normalized spacial score (nSPS) is 24.4. The van der Waals surface area contributed by atoms with Gasteiger partial charge in [0.05, 0.1) is 20.8 Å². The van der Waals surface area contributed by atoms with Crippen LogP contribution in [0.4, 0.5) is 0 Å². The molecular weight excluding hydrogens is 514 g/mol. The molecule has 0 aromatic heterocycles. The summed E-state index contributed by atoms with van der Waals surface area (Å²) in [6, 6.07) is 6.07. The van der Waals surface area contributed by atoms with Gasteiger partial charge in [-0.15, -0.1) is 11.8 Å². The minimum Gasteiger partial charge on any atom is -0.480 e. The van der Waals surface area contributed by atoms with E-state index in [0.717, 1.165) is 26.0 Å². The number of ether oxygens (including phenoxy) is 2. The summed E-state index contributed by atoms with van der Waals surface area (Å²) in [4.78, 5) is 89.2. The van der Waals surface area contributed by atoms with Gasteiger partial charge >= 0.3 is 23.9 Å². The molecule has 4 atom stereocenters. The molecule has 0 saturated carbocycles. The number of hydrogen-bond acceptors (Lipinski definition) is 10. The van der Waals surface area contributed by atoms with Crippen LogP contribution in [-0.4, -0.2) is 99.2 Å². The molecule has 0 radical (unpaired) electrons. The Hall–Kier alpha value is -4.14. The number of carboxylic acid groups (broad SMARTS) is 2. The lowest BCUT2D eigenvalue weighted by Crippen LogP contribution is -2.85. The number of carbonyl (C=O) groups is 7. The first-order chi connectivity index (χ1) is 17.4. The van der Waals surface area contributed by atoms with E-state index in [0.29, 0.717) is 11.8 Å². The summed E-state index contributed by atoms with van der Waals surface area (Å²) in [6.07, 6.45) is 0. The van der Waals surface area contributed by atoms with E-state index in [1.54, 1.807) is 6.07 Å². The maximum Gasteiger partial charge on any atom is 0.336 e. The molecule has 198 valence electrons. The molecule has 1 aromatic carbocycles. The van der Waals surface area contributed by atoms with Gasteiger partial charge in [-0.1, -0.05) is 30.3 Å². The van der Waals surface area contributed by atoms with Crippen molar-refractivity contribution in [2.75, 3.05) is 20.8 Å². The number of esters is 2. The number of thioether (sulfide) groups is 1. The minimum atomic E-state index is -2.73. The van der Waals surface area contributed by atoms with Gasteiger partial charge in [-0.3, -0.25) is 19.2 Å². The van der Waals surface area contributed by atoms with E-state index >= 15 is 0 Å². The Bertz CT molecular complexity index is 1160. The Kier molecular flexibility index (Phi) is 7.48. The lowest BCUT2D eigenvalue weighted by molar-refractivity contribution is -0.174. The number of benzene rings is 1. The Morgan fingerprint density at radius 2 is 1.62 bits per heavy atom. The third-order valence-corrected chi connectivity index (χ3v) is 7.89. The van der Waals surface area contributed by atoms with Gasteiger partial charge in [0.15, 0.2) is 11.5 Å². The van der Waals surface area contributed by atoms with Crippen LogP contribution in [0, 0.1) is 0 Å². The van der Waals surface area contributed by atoms with Gasteiger partial charge in [-0.2, -0.15) is 0 Å². The summed E-state index contributed by atoms with van der Waals surface area (Å²) in [5, 5.41) is 23.0. The molecule has 2 heterocycles. The first-order valence-corrected chi connectivity index (χ1v) is 11.5. The van der Waals surface area contributed by atoms with Crippen molar-refractivity contribution in [2.45, 2.75) is 34.5 Å². The van der Waals surface area contributed by atoms with Gasteiger partial charge in [0.1, 0.15) is 11.4 Å². The van der Waals surface area contributed by atoms with E-state index < -0.39 is 75.8 Å². The van der Waals surface area contributed by atoms with Crippen LogP contribution in [0.1, 0.15) is 18.4 Å². The number of rotatable bonds is 8. The SMILES string of the molecule is COC(=O)C1(C(=O)OC)S[C@@H]2C(NC(=O)C(C(=O)O)c3ccccc3)C(=O)N2CC1(NC(C)=O)C(=O)O. The molecule has 3 amide bonds. The van der Waals surface area contributed by atoms with Crippen molar-refractivity contribution >= 4 is 53.4 Å². The van der Waals surface area contributed by atoms with Gasteiger partial charge in [0, 0.05) is 6.92 Å². The van der Waals surface area contributed by atoms with Crippen LogP contribution < -0.4 is 10.6 Å². The van der Waals surface area contributed by atoms with Crippen molar-refractivity contribution < 1.29 is 53.2 Å². The highest BCUT2D eigenvalue weighted by Crippen LogP contribution is 2.51. The van der Waals surface area contributed by atoms with E-state index in [9.17, 15) is 43.8 Å². The first-order valence-electron chi connectivity index (χ1n) is 10.6. The Balaban J connectivity index is 2.03. The van der Waals surface area contributed by atoms with Crippen LogP contribution in [0.15, 0.2) is 30.3 Å². The molecule has 1 aromatic rings. The number of methoxy groups -OCH3 is 2. The molecule has 37 heavy (non-hydrogen) atoms. The zero-order chi connectivity index (χ0) is 27.7. The Morgan fingerprint density at radius 1 is 1.05 bits per heavy atom. The monoisotopic (exact) mass is 537 g/mol. The van der Waals surface area contributed by atoms with E-state index in [1.165, 1.54) is 24.3 Å². The van der Waals surface area contributed by atoms with E-state index in [1.807, 2.05) is 0 Å². The Labute approximate surface area is 213 Å². The molecule has 14 nitrogen and oxygen atoms in total. The van der Waals surface area contributed by atoms with Crippen LogP contribution in [0.5, 0.6) is 0 Å². The van der Waals surface area contributed by atoms with Crippen molar-refractivity contribution in [1.29, 1.82) is 0 Å². The summed E-state index contributed by atoms with van der Waals surface area (Å²) < 4.78 is 6.74. The van der Waals surface area contributed by atoms with Gasteiger partial charge in [0.25, 0.3) is 0 Å². The highest BCUT2D eigenvalue weighted by molar-refractivity contribution is 8.03. The second-order valence-corrected chi connectivity index (χ2v) is 9.53. The van der Waals surface area contributed by atoms with Crippen LogP contribution in [-0.2, 0) is 43.0 Å². The number of β-lactam (4-membered cyclic amide) rings is 1. The predicted octanol–water partition coefficient (Wildman–Crippen LogP) is -1.70. The third kappa shape index (κ3) is 4.24. The van der Waals surface area contributed by atoms with Crippen LogP contribution >= 0.6 is 11.8 Å². The van der Waals surface area contributed by atoms with Crippen molar-refractivity contribution in [2.24, 2.45) is 0 Å². The van der Waals surface area contributed by atoms with Gasteiger partial charge in [-0.25, -0.2) is 14.4 Å². The van der Waals surface area contributed by atoms with E-state index in [4.69, 9.17) is 9.47 Å². The molecule has 2 saturated heterocycles. The smallest absolute Gasteiger partial charge is 0.336 e. The van der Waals surface area contributed by atoms with Crippen LogP contribution in [0.3, 0.4) is 0 Å². The van der Waals surface area contributed by atoms with Crippen molar-refractivity contribution in [3.63, 3.8) is 0 Å². The van der Waals surface area contributed by atoms with Crippen molar-refractivity contribution in [3.05, 3.63) is 35.9 Å². The highest BCUT2D eigenvalue weighted by atomic mass is 32.2. The molecule has 4 N–H and O–H groups in total. The fourth-order valence-electron chi connectivity index (χ4n) is 4.41. The molecule has 2 aliphatic heterocycles. The second-order valence-electron chi connectivity index (χ2n) is 8.20. The van der Waals surface area contributed by atoms with E-state index in [-0.39, 0.29) is 5.56 Å². The van der Waals surface area contributed by atoms with Crippen molar-refractivity contribution in [1.82, 2.24) is 15.5 Å². The number of carbonyl (C=O) groups excluding carboxylic acids is 5. The zero-order valence-electron chi connectivity index (χ0n) is 19.8. The molecule has 2 fully saturated rings. The van der Waals surface area contributed by atoms with Gasteiger partial charge < -0.3 is 35.2 Å². The number of hydrogen-bond donors (Lipinski definition) is 4. The lowest BCUT2D eigenvalue weighted by atomic mass is 9.79. The number of amides is 3. The lowest BCUT2D eigenvalue weighted by Gasteiger charge is -2.58. The average Bonchev–Trinajstić information content (AvgIpc) is 2.86. The highest BCUT2D eigenvalue weighted by Gasteiger charge is 2.76. The largest absolute Gasteiger partial charge is 0.480 e. The summed E-state index contributed by atoms with van der Waals surface area (Å²) in [5.41, 5.74) is -2.56. The third-order valence-electron chi connectivity index (χ3n) is 6.09. The molecule has 0 bridgehead atoms. The summed E-state index contributed by atoms with van der Waals surface area (Å²) >= 11 is 0.339. The number of nitrogens with zero attached hydrogens (tertiary/aromatic N) is 1. The molecular formula is C22H23N3O11S. The number of fused-ring (bicyclic) bond motifs is 1. The molecule has 3 rings (SSSR count). The molecule has 15 heteroatoms. The first kappa shape index (κ1) is 27.4. The standard InChI is InChI=1S/C22H23N3O11S/c1-10(26)24-21(18(31)32)9-25-15(28)13(16(25)37-22(21,19(33)35-2)20(34)36-3)23-14(27)12(17(29)30)11-7-5-4-6-8-11/h4-8,12-13,16H,9H2,1-3H3,(H,23,27)(H,24,26)(H,29,30)(H,31,32)/t12?,13?,16-,21?/m1/s1. The molecule has 0 aliphatic carbocycles. The zero-order valence-corrected chi connectivity index (χ0v) is 20.6. The quantitative estimate of drug-likeness (QED) is 0.166. The number of nitrogens with one attached hydrogen (secondary N) is 2. The minimum absolute atomic E-state index is 0.140. The second kappa shape index (κ2) is 10.1. The van der Waals surface area contributed by atoms with Crippen molar-refractivity contribution in [3.8, 4) is 0 Å². The molecule has 0 spiro atoms.